The standard InChI is InChI=1S/C14H17ClFN4O4S/c1-3-19(13(21)4-5-25(2,23)24)12-9-20(17-14(12)15)11-6-10(16)7-18(22)8-11/h6-9,22H,3-5H2,1-2H3/q+1. The van der Waals surface area contributed by atoms with E-state index < -0.39 is 21.6 Å². The average Bonchev–Trinajstić information content (AvgIpc) is 2.86. The molecule has 0 radical (unpaired) electrons. The van der Waals surface area contributed by atoms with Crippen LogP contribution in [0.25, 0.3) is 5.69 Å². The number of carbonyl (C=O) groups excluding carboxylic acids is 1. The van der Waals surface area contributed by atoms with Crippen LogP contribution in [-0.4, -0.2) is 47.9 Å². The second-order valence-corrected chi connectivity index (χ2v) is 7.98. The zero-order valence-corrected chi connectivity index (χ0v) is 15.1. The van der Waals surface area contributed by atoms with Crippen molar-refractivity contribution in [3.05, 3.63) is 35.6 Å². The third kappa shape index (κ3) is 4.89. The van der Waals surface area contributed by atoms with Crippen LogP contribution in [0.2, 0.25) is 5.15 Å². The van der Waals surface area contributed by atoms with E-state index in [2.05, 4.69) is 5.10 Å². The lowest BCUT2D eigenvalue weighted by Gasteiger charge is -2.19. The normalized spacial score (nSPS) is 11.5. The summed E-state index contributed by atoms with van der Waals surface area (Å²) in [4.78, 5) is 13.6. The minimum Gasteiger partial charge on any atom is -0.308 e. The molecular weight excluding hydrogens is 375 g/mol. The summed E-state index contributed by atoms with van der Waals surface area (Å²) in [6.07, 6.45) is 4.33. The molecule has 0 aromatic carbocycles. The quantitative estimate of drug-likeness (QED) is 0.585. The first-order chi connectivity index (χ1) is 11.6. The molecular formula is C14H17ClFN4O4S+. The first kappa shape index (κ1) is 19.1. The van der Waals surface area contributed by atoms with E-state index in [1.54, 1.807) is 6.92 Å². The predicted octanol–water partition coefficient (Wildman–Crippen LogP) is 0.977. The number of rotatable bonds is 6. The van der Waals surface area contributed by atoms with Crippen LogP contribution in [-0.2, 0) is 14.6 Å². The number of nitrogens with zero attached hydrogens (tertiary/aromatic N) is 4. The van der Waals surface area contributed by atoms with Crippen molar-refractivity contribution in [1.29, 1.82) is 0 Å². The minimum atomic E-state index is -3.27. The molecule has 0 aliphatic heterocycles. The highest BCUT2D eigenvalue weighted by Crippen LogP contribution is 2.26. The van der Waals surface area contributed by atoms with Crippen molar-refractivity contribution in [3.8, 4) is 5.69 Å². The van der Waals surface area contributed by atoms with Gasteiger partial charge in [0.05, 0.1) is 11.9 Å². The molecule has 2 aromatic rings. The lowest BCUT2D eigenvalue weighted by Crippen LogP contribution is -2.32. The Morgan fingerprint density at radius 3 is 2.72 bits per heavy atom. The molecule has 0 aliphatic rings. The highest BCUT2D eigenvalue weighted by molar-refractivity contribution is 7.90. The van der Waals surface area contributed by atoms with Gasteiger partial charge in [0.2, 0.25) is 12.1 Å². The lowest BCUT2D eigenvalue weighted by atomic mass is 10.3. The maximum absolute atomic E-state index is 13.4. The number of pyridine rings is 1. The second-order valence-electron chi connectivity index (χ2n) is 5.36. The molecule has 25 heavy (non-hydrogen) atoms. The fourth-order valence-electron chi connectivity index (χ4n) is 2.19. The van der Waals surface area contributed by atoms with E-state index in [0.717, 1.165) is 18.5 Å². The van der Waals surface area contributed by atoms with Crippen LogP contribution >= 0.6 is 11.6 Å². The third-order valence-electron chi connectivity index (χ3n) is 3.32. The van der Waals surface area contributed by atoms with Crippen molar-refractivity contribution in [2.45, 2.75) is 13.3 Å². The maximum Gasteiger partial charge on any atom is 0.257 e. The van der Waals surface area contributed by atoms with Gasteiger partial charge in [-0.25, -0.2) is 17.5 Å². The fourth-order valence-corrected chi connectivity index (χ4v) is 2.96. The first-order valence-corrected chi connectivity index (χ1v) is 9.69. The Kier molecular flexibility index (Phi) is 5.63. The van der Waals surface area contributed by atoms with E-state index >= 15 is 0 Å². The van der Waals surface area contributed by atoms with E-state index in [-0.39, 0.29) is 35.2 Å². The topological polar surface area (TPSA) is 96.4 Å². The number of carbonyl (C=O) groups is 1. The van der Waals surface area contributed by atoms with Gasteiger partial charge >= 0.3 is 0 Å². The van der Waals surface area contributed by atoms with Gasteiger partial charge in [0, 0.05) is 30.0 Å². The number of hydrogen-bond donors (Lipinski definition) is 1. The Hall–Kier alpha value is -2.20. The molecule has 8 nitrogen and oxygen atoms in total. The zero-order valence-electron chi connectivity index (χ0n) is 13.6. The van der Waals surface area contributed by atoms with Crippen molar-refractivity contribution in [2.24, 2.45) is 0 Å². The van der Waals surface area contributed by atoms with Crippen LogP contribution in [0.4, 0.5) is 10.1 Å². The average molecular weight is 392 g/mol. The highest BCUT2D eigenvalue weighted by Gasteiger charge is 2.22. The van der Waals surface area contributed by atoms with Crippen molar-refractivity contribution in [1.82, 2.24) is 9.78 Å². The number of halogens is 2. The van der Waals surface area contributed by atoms with Gasteiger partial charge in [-0.3, -0.25) is 10.0 Å². The molecule has 0 fully saturated rings. The summed E-state index contributed by atoms with van der Waals surface area (Å²) < 4.78 is 37.6. The van der Waals surface area contributed by atoms with Gasteiger partial charge in [-0.15, -0.1) is 0 Å². The molecule has 2 rings (SSSR count). The monoisotopic (exact) mass is 391 g/mol. The predicted molar refractivity (Wildman–Crippen MR) is 88.3 cm³/mol. The van der Waals surface area contributed by atoms with Gasteiger partial charge in [0.1, 0.15) is 21.2 Å². The molecule has 11 heteroatoms. The van der Waals surface area contributed by atoms with Crippen molar-refractivity contribution >= 4 is 33.0 Å². The third-order valence-corrected chi connectivity index (χ3v) is 4.53. The number of hydrogen-bond acceptors (Lipinski definition) is 5. The minimum absolute atomic E-state index is 0.0108. The highest BCUT2D eigenvalue weighted by atomic mass is 35.5. The summed E-state index contributed by atoms with van der Waals surface area (Å²) >= 11 is 6.07. The molecule has 0 saturated carbocycles. The van der Waals surface area contributed by atoms with Gasteiger partial charge in [0.15, 0.2) is 11.0 Å². The van der Waals surface area contributed by atoms with E-state index in [1.165, 1.54) is 22.0 Å². The summed E-state index contributed by atoms with van der Waals surface area (Å²) in [6.45, 7) is 1.95. The Balaban J connectivity index is 2.32. The van der Waals surface area contributed by atoms with Crippen LogP contribution in [0.1, 0.15) is 13.3 Å². The summed E-state index contributed by atoms with van der Waals surface area (Å²) in [7, 11) is -3.27. The molecule has 1 N–H and O–H groups in total. The molecule has 2 heterocycles. The Morgan fingerprint density at radius 2 is 2.16 bits per heavy atom. The van der Waals surface area contributed by atoms with Gasteiger partial charge in [0.25, 0.3) is 6.20 Å². The number of anilines is 1. The van der Waals surface area contributed by atoms with Crippen molar-refractivity contribution in [3.63, 3.8) is 0 Å². The smallest absolute Gasteiger partial charge is 0.257 e. The van der Waals surface area contributed by atoms with Crippen molar-refractivity contribution < 1.29 is 27.5 Å². The molecule has 0 bridgehead atoms. The summed E-state index contributed by atoms with van der Waals surface area (Å²) in [5.41, 5.74) is 0.451. The fraction of sp³-hybridized carbons (Fsp3) is 0.357. The molecule has 1 amide bonds. The zero-order chi connectivity index (χ0) is 18.8. The Morgan fingerprint density at radius 1 is 1.48 bits per heavy atom. The molecule has 0 aliphatic carbocycles. The molecule has 0 atom stereocenters. The summed E-state index contributed by atoms with van der Waals surface area (Å²) in [5.74, 6) is -1.39. The Bertz CT molecular complexity index is 880. The van der Waals surface area contributed by atoms with E-state index in [4.69, 9.17) is 11.6 Å². The van der Waals surface area contributed by atoms with Crippen LogP contribution < -0.4 is 9.63 Å². The Labute approximate surface area is 148 Å². The number of amides is 1. The molecule has 2 aromatic heterocycles. The van der Waals surface area contributed by atoms with E-state index in [1.807, 2.05) is 0 Å². The summed E-state index contributed by atoms with van der Waals surface area (Å²) in [5, 5.41) is 13.4. The van der Waals surface area contributed by atoms with Gasteiger partial charge in [-0.05, 0) is 6.92 Å². The number of sulfone groups is 1. The van der Waals surface area contributed by atoms with Crippen molar-refractivity contribution in [2.75, 3.05) is 23.5 Å². The van der Waals surface area contributed by atoms with Crippen LogP contribution in [0, 0.1) is 5.82 Å². The maximum atomic E-state index is 13.4. The van der Waals surface area contributed by atoms with Crippen LogP contribution in [0.15, 0.2) is 24.7 Å². The largest absolute Gasteiger partial charge is 0.308 e. The lowest BCUT2D eigenvalue weighted by molar-refractivity contribution is -0.905. The van der Waals surface area contributed by atoms with Gasteiger partial charge in [-0.2, -0.15) is 5.10 Å². The van der Waals surface area contributed by atoms with Gasteiger partial charge < -0.3 is 4.90 Å². The SMILES string of the molecule is CCN(C(=O)CCS(C)(=O)=O)c1cn(-c2cc(F)c[n+](O)c2)nc1Cl. The molecule has 0 unspecified atom stereocenters. The molecule has 0 spiro atoms. The summed E-state index contributed by atoms with van der Waals surface area (Å²) in [6, 6.07) is 1.13. The first-order valence-electron chi connectivity index (χ1n) is 7.25. The van der Waals surface area contributed by atoms with E-state index in [9.17, 15) is 22.8 Å². The number of aromatic nitrogens is 3. The van der Waals surface area contributed by atoms with Gasteiger partial charge in [-0.1, -0.05) is 11.6 Å². The van der Waals surface area contributed by atoms with Crippen LogP contribution in [0.3, 0.4) is 0 Å². The molecule has 0 saturated heterocycles. The van der Waals surface area contributed by atoms with E-state index in [0.29, 0.717) is 4.73 Å². The second kappa shape index (κ2) is 7.36. The van der Waals surface area contributed by atoms with Crippen LogP contribution in [0.5, 0.6) is 0 Å². The molecule has 136 valence electrons.